The molecule has 2 aliphatic rings. The molecule has 1 aromatic carbocycles. The van der Waals surface area contributed by atoms with Gasteiger partial charge in [-0.05, 0) is 43.9 Å². The van der Waals surface area contributed by atoms with Crippen LogP contribution < -0.4 is 10.1 Å². The van der Waals surface area contributed by atoms with Crippen molar-refractivity contribution in [2.75, 3.05) is 18.4 Å². The lowest BCUT2D eigenvalue weighted by atomic mass is 9.90. The third-order valence-corrected chi connectivity index (χ3v) is 6.98. The Morgan fingerprint density at radius 2 is 1.86 bits per heavy atom. The molecule has 2 fully saturated rings. The van der Waals surface area contributed by atoms with Crippen LogP contribution in [0.15, 0.2) is 18.2 Å². The fourth-order valence-corrected chi connectivity index (χ4v) is 5.06. The van der Waals surface area contributed by atoms with Crippen LogP contribution >= 0.6 is 11.3 Å². The van der Waals surface area contributed by atoms with Gasteiger partial charge >= 0.3 is 6.03 Å². The molecule has 1 N–H and O–H groups in total. The molecule has 1 saturated carbocycles. The van der Waals surface area contributed by atoms with Crippen LogP contribution in [0.5, 0.6) is 5.75 Å². The first-order valence-electron chi connectivity index (χ1n) is 10.7. The minimum atomic E-state index is -0.0819. The lowest BCUT2D eigenvalue weighted by Gasteiger charge is -2.32. The molecule has 156 valence electrons. The van der Waals surface area contributed by atoms with Crippen molar-refractivity contribution in [3.63, 3.8) is 0 Å². The Hall–Kier alpha value is -2.15. The number of hydrogen-bond acceptors (Lipinski definition) is 5. The van der Waals surface area contributed by atoms with Gasteiger partial charge in [0.2, 0.25) is 5.13 Å². The van der Waals surface area contributed by atoms with Gasteiger partial charge in [-0.25, -0.2) is 4.79 Å². The van der Waals surface area contributed by atoms with E-state index < -0.39 is 0 Å². The third kappa shape index (κ3) is 5.07. The average Bonchev–Trinajstić information content (AvgIpc) is 3.20. The van der Waals surface area contributed by atoms with Crippen molar-refractivity contribution in [2.24, 2.45) is 0 Å². The zero-order valence-corrected chi connectivity index (χ0v) is 18.1. The van der Waals surface area contributed by atoms with E-state index >= 15 is 0 Å². The molecule has 1 aliphatic heterocycles. The Bertz CT molecular complexity index is 839. The van der Waals surface area contributed by atoms with E-state index in [9.17, 15) is 4.79 Å². The molecule has 0 bridgehead atoms. The Kier molecular flexibility index (Phi) is 6.33. The normalized spacial score (nSPS) is 18.6. The van der Waals surface area contributed by atoms with Gasteiger partial charge in [-0.3, -0.25) is 5.32 Å². The molecule has 1 aliphatic carbocycles. The van der Waals surface area contributed by atoms with Crippen LogP contribution in [0.3, 0.4) is 0 Å². The molecule has 2 aromatic rings. The summed E-state index contributed by atoms with van der Waals surface area (Å²) < 4.78 is 6.21. The summed E-state index contributed by atoms with van der Waals surface area (Å²) in [6, 6.07) is 6.20. The summed E-state index contributed by atoms with van der Waals surface area (Å²) in [6.07, 6.45) is 8.07. The summed E-state index contributed by atoms with van der Waals surface area (Å²) in [5.41, 5.74) is 2.35. The van der Waals surface area contributed by atoms with Crippen LogP contribution in [0.1, 0.15) is 67.0 Å². The van der Waals surface area contributed by atoms with Gasteiger partial charge in [0.25, 0.3) is 0 Å². The van der Waals surface area contributed by atoms with Crippen LogP contribution in [0.25, 0.3) is 0 Å². The maximum atomic E-state index is 12.6. The van der Waals surface area contributed by atoms with E-state index in [0.29, 0.717) is 24.1 Å². The fraction of sp³-hybridized carbons (Fsp3) is 0.591. The molecule has 4 rings (SSSR count). The highest BCUT2D eigenvalue weighted by atomic mass is 32.1. The minimum Gasteiger partial charge on any atom is -0.490 e. The zero-order valence-electron chi connectivity index (χ0n) is 17.3. The summed E-state index contributed by atoms with van der Waals surface area (Å²) in [7, 11) is 0. The van der Waals surface area contributed by atoms with Crippen LogP contribution in [0.4, 0.5) is 9.93 Å². The first-order valence-corrected chi connectivity index (χ1v) is 11.5. The van der Waals surface area contributed by atoms with Crippen LogP contribution in [-0.2, 0) is 0 Å². The van der Waals surface area contributed by atoms with E-state index in [1.54, 1.807) is 0 Å². The Morgan fingerprint density at radius 3 is 2.62 bits per heavy atom. The largest absolute Gasteiger partial charge is 0.490 e. The average molecular weight is 415 g/mol. The molecule has 1 saturated heterocycles. The molecule has 7 heteroatoms. The van der Waals surface area contributed by atoms with Crippen LogP contribution in [-0.4, -0.2) is 40.3 Å². The Balaban J connectivity index is 1.27. The molecule has 1 aromatic heterocycles. The predicted molar refractivity (Wildman–Crippen MR) is 116 cm³/mol. The minimum absolute atomic E-state index is 0.0819. The van der Waals surface area contributed by atoms with Gasteiger partial charge < -0.3 is 9.64 Å². The number of carbonyl (C=O) groups excluding carboxylic acids is 1. The lowest BCUT2D eigenvalue weighted by molar-refractivity contribution is 0.115. The summed E-state index contributed by atoms with van der Waals surface area (Å²) >= 11 is 1.53. The zero-order chi connectivity index (χ0) is 20.2. The number of likely N-dealkylation sites (tertiary alicyclic amines) is 1. The number of carbonyl (C=O) groups is 1. The molecular formula is C22H30N4O2S. The molecule has 0 radical (unpaired) electrons. The highest BCUT2D eigenvalue weighted by Crippen LogP contribution is 2.35. The quantitative estimate of drug-likeness (QED) is 0.739. The molecule has 6 nitrogen and oxygen atoms in total. The summed E-state index contributed by atoms with van der Waals surface area (Å²) in [5, 5.41) is 13.2. The number of anilines is 1. The van der Waals surface area contributed by atoms with Gasteiger partial charge in [0.1, 0.15) is 16.9 Å². The number of rotatable bonds is 4. The van der Waals surface area contributed by atoms with Crippen molar-refractivity contribution in [1.29, 1.82) is 0 Å². The standard InChI is InChI=1S/C22H30N4O2S/c1-15-8-9-16(2)19(14-15)28-18-10-12-26(13-11-18)22(27)23-21-25-24-20(29-21)17-6-4-3-5-7-17/h8-9,14,17-18H,3-7,10-13H2,1-2H3,(H,23,25,27). The summed E-state index contributed by atoms with van der Waals surface area (Å²) in [4.78, 5) is 14.5. The van der Waals surface area contributed by atoms with Gasteiger partial charge in [-0.15, -0.1) is 10.2 Å². The van der Waals surface area contributed by atoms with Crippen molar-refractivity contribution in [1.82, 2.24) is 15.1 Å². The highest BCUT2D eigenvalue weighted by molar-refractivity contribution is 7.15. The number of nitrogens with one attached hydrogen (secondary N) is 1. The monoisotopic (exact) mass is 414 g/mol. The van der Waals surface area contributed by atoms with E-state index in [2.05, 4.69) is 47.6 Å². The Morgan fingerprint density at radius 1 is 1.10 bits per heavy atom. The third-order valence-electron chi connectivity index (χ3n) is 5.98. The van der Waals surface area contributed by atoms with E-state index in [1.165, 1.54) is 49.0 Å². The number of ether oxygens (including phenoxy) is 1. The second kappa shape index (κ2) is 9.11. The molecule has 0 unspecified atom stereocenters. The van der Waals surface area contributed by atoms with E-state index in [0.717, 1.165) is 29.2 Å². The number of aromatic nitrogens is 2. The lowest BCUT2D eigenvalue weighted by Crippen LogP contribution is -2.43. The number of amides is 2. The number of nitrogens with zero attached hydrogens (tertiary/aromatic N) is 3. The second-order valence-electron chi connectivity index (χ2n) is 8.28. The van der Waals surface area contributed by atoms with Gasteiger partial charge in [0, 0.05) is 31.8 Å². The number of hydrogen-bond donors (Lipinski definition) is 1. The molecule has 0 atom stereocenters. The highest BCUT2D eigenvalue weighted by Gasteiger charge is 2.26. The van der Waals surface area contributed by atoms with Crippen LogP contribution in [0.2, 0.25) is 0 Å². The molecule has 2 amide bonds. The number of urea groups is 1. The van der Waals surface area contributed by atoms with Gasteiger partial charge in [0.05, 0.1) is 0 Å². The van der Waals surface area contributed by atoms with Crippen molar-refractivity contribution in [3.05, 3.63) is 34.3 Å². The van der Waals surface area contributed by atoms with Gasteiger partial charge in [-0.1, -0.05) is 42.7 Å². The van der Waals surface area contributed by atoms with Crippen molar-refractivity contribution in [3.8, 4) is 5.75 Å². The maximum absolute atomic E-state index is 12.6. The van der Waals surface area contributed by atoms with E-state index in [1.807, 2.05) is 4.90 Å². The second-order valence-corrected chi connectivity index (χ2v) is 9.29. The topological polar surface area (TPSA) is 67.3 Å². The first-order chi connectivity index (χ1) is 14.1. The van der Waals surface area contributed by atoms with Crippen molar-refractivity contribution >= 4 is 22.5 Å². The molecule has 0 spiro atoms. The smallest absolute Gasteiger partial charge is 0.323 e. The Labute approximate surface area is 176 Å². The van der Waals surface area contributed by atoms with Crippen LogP contribution in [0, 0.1) is 13.8 Å². The SMILES string of the molecule is Cc1ccc(C)c(OC2CCN(C(=O)Nc3nnc(C4CCCCC4)s3)CC2)c1. The maximum Gasteiger partial charge on any atom is 0.323 e. The van der Waals surface area contributed by atoms with Crippen molar-refractivity contribution in [2.45, 2.75) is 70.8 Å². The summed E-state index contributed by atoms with van der Waals surface area (Å²) in [6.45, 7) is 5.53. The first kappa shape index (κ1) is 20.1. The fourth-order valence-electron chi connectivity index (χ4n) is 4.16. The predicted octanol–water partition coefficient (Wildman–Crippen LogP) is 5.28. The number of benzene rings is 1. The molecule has 29 heavy (non-hydrogen) atoms. The number of aryl methyl sites for hydroxylation is 2. The number of piperidine rings is 1. The van der Waals surface area contributed by atoms with E-state index in [-0.39, 0.29) is 12.1 Å². The van der Waals surface area contributed by atoms with Gasteiger partial charge in [0.15, 0.2) is 0 Å². The summed E-state index contributed by atoms with van der Waals surface area (Å²) in [5.74, 6) is 1.47. The van der Waals surface area contributed by atoms with Crippen molar-refractivity contribution < 1.29 is 9.53 Å². The van der Waals surface area contributed by atoms with Gasteiger partial charge in [-0.2, -0.15) is 0 Å². The van der Waals surface area contributed by atoms with E-state index in [4.69, 9.17) is 4.74 Å². The molecular weight excluding hydrogens is 384 g/mol. The molecule has 2 heterocycles.